The van der Waals surface area contributed by atoms with Gasteiger partial charge in [-0.15, -0.1) is 0 Å². The van der Waals surface area contributed by atoms with E-state index in [1.54, 1.807) is 10.4 Å². The van der Waals surface area contributed by atoms with Gasteiger partial charge in [-0.05, 0) is 96.6 Å². The molecule has 0 radical (unpaired) electrons. The minimum Gasteiger partial charge on any atom is -0.309 e. The van der Waals surface area contributed by atoms with Gasteiger partial charge < -0.3 is 9.80 Å². The van der Waals surface area contributed by atoms with Crippen molar-refractivity contribution in [1.82, 2.24) is 14.1 Å². The Morgan fingerprint density at radius 1 is 0.840 bits per heavy atom. The van der Waals surface area contributed by atoms with E-state index in [-0.39, 0.29) is 0 Å². The fraction of sp³-hybridized carbons (Fsp3) is 0.684. The van der Waals surface area contributed by atoms with E-state index < -0.39 is 10.0 Å². The first-order valence-corrected chi connectivity index (χ1v) is 10.7. The van der Waals surface area contributed by atoms with E-state index in [9.17, 15) is 8.42 Å². The number of fused-ring (bicyclic) bond motifs is 1. The van der Waals surface area contributed by atoms with Crippen LogP contribution in [-0.2, 0) is 22.9 Å². The lowest BCUT2D eigenvalue weighted by Gasteiger charge is -2.24. The summed E-state index contributed by atoms with van der Waals surface area (Å²) in [6.45, 7) is 2.93. The van der Waals surface area contributed by atoms with Crippen LogP contribution in [0.25, 0.3) is 0 Å². The van der Waals surface area contributed by atoms with Crippen molar-refractivity contribution in [2.45, 2.75) is 37.0 Å². The van der Waals surface area contributed by atoms with Crippen molar-refractivity contribution in [2.75, 3.05) is 54.4 Å². The maximum absolute atomic E-state index is 13.2. The minimum absolute atomic E-state index is 0.461. The highest BCUT2D eigenvalue weighted by Crippen LogP contribution is 2.26. The molecule has 0 heterocycles. The summed E-state index contributed by atoms with van der Waals surface area (Å²) in [4.78, 5) is 4.66. The topological polar surface area (TPSA) is 43.9 Å². The summed E-state index contributed by atoms with van der Waals surface area (Å²) in [7, 11) is 4.65. The van der Waals surface area contributed by atoms with E-state index in [0.717, 1.165) is 45.2 Å². The summed E-state index contributed by atoms with van der Waals surface area (Å²) in [5.41, 5.74) is 2.52. The highest BCUT2D eigenvalue weighted by atomic mass is 32.2. The highest BCUT2D eigenvalue weighted by molar-refractivity contribution is 7.89. The SMILES string of the molecule is CN(C)CCCN(CCCN(C)C)S(=O)(=O)c1ccc2c(c1)CCC2. The van der Waals surface area contributed by atoms with Crippen molar-refractivity contribution in [3.8, 4) is 0 Å². The quantitative estimate of drug-likeness (QED) is 0.635. The van der Waals surface area contributed by atoms with Crippen LogP contribution in [-0.4, -0.2) is 76.9 Å². The fourth-order valence-corrected chi connectivity index (χ4v) is 4.90. The van der Waals surface area contributed by atoms with Gasteiger partial charge in [0.25, 0.3) is 0 Å². The van der Waals surface area contributed by atoms with Crippen molar-refractivity contribution in [2.24, 2.45) is 0 Å². The van der Waals surface area contributed by atoms with Crippen molar-refractivity contribution >= 4 is 10.0 Å². The zero-order valence-corrected chi connectivity index (χ0v) is 17.0. The first-order chi connectivity index (χ1) is 11.8. The first-order valence-electron chi connectivity index (χ1n) is 9.22. The second kappa shape index (κ2) is 9.12. The highest BCUT2D eigenvalue weighted by Gasteiger charge is 2.25. The van der Waals surface area contributed by atoms with Gasteiger partial charge in [0, 0.05) is 13.1 Å². The molecule has 0 saturated carbocycles. The maximum Gasteiger partial charge on any atom is 0.243 e. The molecule has 0 aliphatic heterocycles. The molecule has 0 bridgehead atoms. The summed E-state index contributed by atoms with van der Waals surface area (Å²) in [6, 6.07) is 5.71. The van der Waals surface area contributed by atoms with Gasteiger partial charge in [-0.2, -0.15) is 4.31 Å². The average molecular weight is 368 g/mol. The molecule has 6 heteroatoms. The molecular weight excluding hydrogens is 334 g/mol. The molecule has 2 rings (SSSR count). The van der Waals surface area contributed by atoms with Gasteiger partial charge >= 0.3 is 0 Å². The van der Waals surface area contributed by atoms with Crippen LogP contribution in [0.3, 0.4) is 0 Å². The third-order valence-corrected chi connectivity index (χ3v) is 6.63. The number of hydrogen-bond donors (Lipinski definition) is 0. The number of rotatable bonds is 10. The number of nitrogens with zero attached hydrogens (tertiary/aromatic N) is 3. The van der Waals surface area contributed by atoms with Crippen molar-refractivity contribution < 1.29 is 8.42 Å². The van der Waals surface area contributed by atoms with Crippen molar-refractivity contribution in [1.29, 1.82) is 0 Å². The van der Waals surface area contributed by atoms with Gasteiger partial charge in [0.2, 0.25) is 10.0 Å². The first kappa shape index (κ1) is 20.4. The molecule has 25 heavy (non-hydrogen) atoms. The molecule has 0 spiro atoms. The lowest BCUT2D eigenvalue weighted by molar-refractivity contribution is 0.326. The van der Waals surface area contributed by atoms with Crippen LogP contribution < -0.4 is 0 Å². The molecule has 1 aromatic carbocycles. The Morgan fingerprint density at radius 3 is 1.96 bits per heavy atom. The van der Waals surface area contributed by atoms with Crippen molar-refractivity contribution in [3.05, 3.63) is 29.3 Å². The van der Waals surface area contributed by atoms with Gasteiger partial charge in [-0.3, -0.25) is 0 Å². The third-order valence-electron chi connectivity index (χ3n) is 4.73. The molecule has 0 saturated heterocycles. The van der Waals surface area contributed by atoms with Gasteiger partial charge in [-0.25, -0.2) is 8.42 Å². The van der Waals surface area contributed by atoms with Crippen LogP contribution in [0.2, 0.25) is 0 Å². The van der Waals surface area contributed by atoms with E-state index in [4.69, 9.17) is 0 Å². The van der Waals surface area contributed by atoms with Crippen LogP contribution in [0, 0.1) is 0 Å². The molecule has 0 aromatic heterocycles. The summed E-state index contributed by atoms with van der Waals surface area (Å²) in [5, 5.41) is 0. The monoisotopic (exact) mass is 367 g/mol. The minimum atomic E-state index is -3.42. The number of sulfonamides is 1. The van der Waals surface area contributed by atoms with Crippen LogP contribution >= 0.6 is 0 Å². The molecule has 0 unspecified atom stereocenters. The summed E-state index contributed by atoms with van der Waals surface area (Å²) >= 11 is 0. The zero-order valence-electron chi connectivity index (χ0n) is 16.2. The largest absolute Gasteiger partial charge is 0.309 e. The van der Waals surface area contributed by atoms with E-state index >= 15 is 0 Å². The molecule has 1 aromatic rings. The van der Waals surface area contributed by atoms with Gasteiger partial charge in [0.05, 0.1) is 4.90 Å². The lowest BCUT2D eigenvalue weighted by Crippen LogP contribution is -2.35. The average Bonchev–Trinajstić information content (AvgIpc) is 3.00. The third kappa shape index (κ3) is 5.78. The summed E-state index contributed by atoms with van der Waals surface area (Å²) in [5.74, 6) is 0. The second-order valence-corrected chi connectivity index (χ2v) is 9.44. The molecule has 0 fully saturated rings. The van der Waals surface area contributed by atoms with Crippen LogP contribution in [0.1, 0.15) is 30.4 Å². The molecule has 0 atom stereocenters. The van der Waals surface area contributed by atoms with Crippen LogP contribution in [0.15, 0.2) is 23.1 Å². The molecule has 1 aliphatic carbocycles. The standard InChI is InChI=1S/C19H33N3O2S/c1-20(2)12-6-14-22(15-7-13-21(3)4)25(23,24)19-11-10-17-8-5-9-18(17)16-19/h10-11,16H,5-9,12-15H2,1-4H3. The predicted octanol–water partition coefficient (Wildman–Crippen LogP) is 2.07. The van der Waals surface area contributed by atoms with E-state index in [1.807, 2.05) is 40.3 Å². The van der Waals surface area contributed by atoms with E-state index in [1.165, 1.54) is 11.1 Å². The van der Waals surface area contributed by atoms with Crippen LogP contribution in [0.5, 0.6) is 0 Å². The Morgan fingerprint density at radius 2 is 1.40 bits per heavy atom. The van der Waals surface area contributed by atoms with Crippen LogP contribution in [0.4, 0.5) is 0 Å². The number of hydrogen-bond acceptors (Lipinski definition) is 4. The Labute approximate surface area is 153 Å². The smallest absolute Gasteiger partial charge is 0.243 e. The zero-order chi connectivity index (χ0) is 18.4. The van der Waals surface area contributed by atoms with Gasteiger partial charge in [0.15, 0.2) is 0 Å². The Bertz CT molecular complexity index is 643. The molecule has 1 aliphatic rings. The number of benzene rings is 1. The summed E-state index contributed by atoms with van der Waals surface area (Å²) in [6.07, 6.45) is 4.90. The van der Waals surface area contributed by atoms with E-state index in [0.29, 0.717) is 18.0 Å². The molecule has 0 N–H and O–H groups in total. The molecule has 0 amide bonds. The number of aryl methyl sites for hydroxylation is 2. The molecule has 5 nitrogen and oxygen atoms in total. The Hall–Kier alpha value is -0.950. The lowest BCUT2D eigenvalue weighted by atomic mass is 10.1. The summed E-state index contributed by atoms with van der Waals surface area (Å²) < 4.78 is 28.0. The maximum atomic E-state index is 13.2. The fourth-order valence-electron chi connectivity index (χ4n) is 3.34. The molecular formula is C19H33N3O2S. The van der Waals surface area contributed by atoms with E-state index in [2.05, 4.69) is 9.80 Å². The molecule has 142 valence electrons. The van der Waals surface area contributed by atoms with Gasteiger partial charge in [0.1, 0.15) is 0 Å². The Kier molecular flexibility index (Phi) is 7.43. The Balaban J connectivity index is 2.14. The predicted molar refractivity (Wildman–Crippen MR) is 104 cm³/mol. The second-order valence-electron chi connectivity index (χ2n) is 7.50. The van der Waals surface area contributed by atoms with Gasteiger partial charge in [-0.1, -0.05) is 6.07 Å². The van der Waals surface area contributed by atoms with Crippen molar-refractivity contribution in [3.63, 3.8) is 0 Å². The normalized spacial score (nSPS) is 14.7.